The maximum absolute atomic E-state index is 12.1. The van der Waals surface area contributed by atoms with E-state index in [4.69, 9.17) is 23.2 Å². The Bertz CT molecular complexity index is 733. The van der Waals surface area contributed by atoms with E-state index in [1.807, 2.05) is 0 Å². The average Bonchev–Trinajstić information content (AvgIpc) is 2.51. The summed E-state index contributed by atoms with van der Waals surface area (Å²) < 4.78 is 0. The van der Waals surface area contributed by atoms with E-state index in [2.05, 4.69) is 10.6 Å². The van der Waals surface area contributed by atoms with Gasteiger partial charge in [0.25, 0.3) is 5.91 Å². The molecule has 7 heteroatoms. The molecule has 0 heterocycles. The van der Waals surface area contributed by atoms with Gasteiger partial charge in [0.15, 0.2) is 0 Å². The number of rotatable bonds is 4. The van der Waals surface area contributed by atoms with Crippen LogP contribution >= 0.6 is 23.2 Å². The van der Waals surface area contributed by atoms with Crippen molar-refractivity contribution in [2.45, 2.75) is 13.0 Å². The van der Waals surface area contributed by atoms with Gasteiger partial charge in [0.05, 0.1) is 5.56 Å². The van der Waals surface area contributed by atoms with Crippen LogP contribution in [0, 0.1) is 0 Å². The van der Waals surface area contributed by atoms with Gasteiger partial charge < -0.3 is 15.7 Å². The summed E-state index contributed by atoms with van der Waals surface area (Å²) in [4.78, 5) is 24.2. The maximum atomic E-state index is 12.1. The number of hydrogen-bond donors (Lipinski definition) is 3. The molecule has 0 aliphatic rings. The lowest BCUT2D eigenvalue weighted by atomic mass is 10.1. The number of halogens is 2. The molecule has 2 aromatic rings. The lowest BCUT2D eigenvalue weighted by Crippen LogP contribution is -2.41. The molecule has 0 aromatic heterocycles. The second-order valence-electron chi connectivity index (χ2n) is 4.85. The molecule has 2 amide bonds. The van der Waals surface area contributed by atoms with Crippen LogP contribution in [0.3, 0.4) is 0 Å². The Labute approximate surface area is 143 Å². The van der Waals surface area contributed by atoms with Gasteiger partial charge in [-0.3, -0.25) is 9.59 Å². The highest BCUT2D eigenvalue weighted by atomic mass is 35.5. The average molecular weight is 353 g/mol. The fourth-order valence-corrected chi connectivity index (χ4v) is 2.11. The van der Waals surface area contributed by atoms with Crippen LogP contribution in [0.15, 0.2) is 42.5 Å². The summed E-state index contributed by atoms with van der Waals surface area (Å²) >= 11 is 11.6. The van der Waals surface area contributed by atoms with Crippen molar-refractivity contribution in [2.75, 3.05) is 5.32 Å². The quantitative estimate of drug-likeness (QED) is 0.788. The highest BCUT2D eigenvalue weighted by Crippen LogP contribution is 2.21. The lowest BCUT2D eigenvalue weighted by molar-refractivity contribution is -0.117. The minimum absolute atomic E-state index is 0.00337. The Morgan fingerprint density at radius 2 is 1.65 bits per heavy atom. The first-order chi connectivity index (χ1) is 10.9. The molecule has 2 rings (SSSR count). The summed E-state index contributed by atoms with van der Waals surface area (Å²) in [6.45, 7) is 1.53. The molecule has 23 heavy (non-hydrogen) atoms. The third kappa shape index (κ3) is 4.61. The van der Waals surface area contributed by atoms with Crippen LogP contribution in [-0.2, 0) is 4.79 Å². The SMILES string of the molecule is C[C@@H](NC(=O)c1cc(Cl)ccc1O)C(=O)Nc1ccc(Cl)cc1. The smallest absolute Gasteiger partial charge is 0.255 e. The summed E-state index contributed by atoms with van der Waals surface area (Å²) in [6, 6.07) is 9.89. The van der Waals surface area contributed by atoms with Gasteiger partial charge in [0, 0.05) is 15.7 Å². The molecule has 0 aliphatic heterocycles. The van der Waals surface area contributed by atoms with Crippen LogP contribution in [0.2, 0.25) is 10.0 Å². The molecule has 0 fully saturated rings. The van der Waals surface area contributed by atoms with Crippen molar-refractivity contribution in [1.82, 2.24) is 5.32 Å². The van der Waals surface area contributed by atoms with Gasteiger partial charge in [-0.05, 0) is 49.4 Å². The molecule has 3 N–H and O–H groups in total. The van der Waals surface area contributed by atoms with Crippen LogP contribution < -0.4 is 10.6 Å². The molecule has 2 aromatic carbocycles. The van der Waals surface area contributed by atoms with Crippen LogP contribution in [0.25, 0.3) is 0 Å². The zero-order valence-electron chi connectivity index (χ0n) is 12.1. The molecular weight excluding hydrogens is 339 g/mol. The number of anilines is 1. The zero-order chi connectivity index (χ0) is 17.0. The third-order valence-corrected chi connectivity index (χ3v) is 3.54. The minimum atomic E-state index is -0.809. The second-order valence-corrected chi connectivity index (χ2v) is 5.73. The molecule has 0 unspecified atom stereocenters. The molecule has 0 bridgehead atoms. The van der Waals surface area contributed by atoms with E-state index in [-0.39, 0.29) is 11.3 Å². The number of amides is 2. The first-order valence-corrected chi connectivity index (χ1v) is 7.48. The Morgan fingerprint density at radius 3 is 2.30 bits per heavy atom. The molecule has 120 valence electrons. The van der Waals surface area contributed by atoms with Crippen molar-refractivity contribution < 1.29 is 14.7 Å². The van der Waals surface area contributed by atoms with Crippen LogP contribution in [0.5, 0.6) is 5.75 Å². The molecule has 1 atom stereocenters. The predicted octanol–water partition coefficient (Wildman–Crippen LogP) is 3.46. The summed E-state index contributed by atoms with van der Waals surface area (Å²) in [6.07, 6.45) is 0. The number of benzene rings is 2. The monoisotopic (exact) mass is 352 g/mol. The number of phenolic OH excluding ortho intramolecular Hbond substituents is 1. The van der Waals surface area contributed by atoms with Gasteiger partial charge in [-0.25, -0.2) is 0 Å². The fourth-order valence-electron chi connectivity index (χ4n) is 1.81. The van der Waals surface area contributed by atoms with Crippen molar-refractivity contribution in [3.63, 3.8) is 0 Å². The van der Waals surface area contributed by atoms with E-state index in [1.165, 1.54) is 25.1 Å². The van der Waals surface area contributed by atoms with Gasteiger partial charge in [-0.1, -0.05) is 23.2 Å². The summed E-state index contributed by atoms with van der Waals surface area (Å²) in [5.74, 6) is -1.21. The summed E-state index contributed by atoms with van der Waals surface area (Å²) in [7, 11) is 0. The van der Waals surface area contributed by atoms with Crippen molar-refractivity contribution in [3.05, 3.63) is 58.1 Å². The Balaban J connectivity index is 2.01. The fraction of sp³-hybridized carbons (Fsp3) is 0.125. The number of hydrogen-bond acceptors (Lipinski definition) is 3. The summed E-state index contributed by atoms with van der Waals surface area (Å²) in [5, 5.41) is 15.7. The largest absolute Gasteiger partial charge is 0.507 e. The highest BCUT2D eigenvalue weighted by molar-refractivity contribution is 6.31. The maximum Gasteiger partial charge on any atom is 0.255 e. The molecular formula is C16H14Cl2N2O3. The number of carbonyl (C=O) groups is 2. The third-order valence-electron chi connectivity index (χ3n) is 3.06. The Morgan fingerprint density at radius 1 is 1.04 bits per heavy atom. The van der Waals surface area contributed by atoms with E-state index in [0.29, 0.717) is 15.7 Å². The van der Waals surface area contributed by atoms with E-state index in [1.54, 1.807) is 24.3 Å². The highest BCUT2D eigenvalue weighted by Gasteiger charge is 2.19. The van der Waals surface area contributed by atoms with Crippen LogP contribution in [0.1, 0.15) is 17.3 Å². The molecule has 0 saturated carbocycles. The van der Waals surface area contributed by atoms with Crippen molar-refractivity contribution in [2.24, 2.45) is 0 Å². The normalized spacial score (nSPS) is 11.6. The topological polar surface area (TPSA) is 78.4 Å². The Hall–Kier alpha value is -2.24. The summed E-state index contributed by atoms with van der Waals surface area (Å²) in [5.41, 5.74) is 0.565. The van der Waals surface area contributed by atoms with Crippen molar-refractivity contribution in [3.8, 4) is 5.75 Å². The van der Waals surface area contributed by atoms with Gasteiger partial charge >= 0.3 is 0 Å². The zero-order valence-corrected chi connectivity index (χ0v) is 13.7. The predicted molar refractivity (Wildman–Crippen MR) is 90.1 cm³/mol. The molecule has 5 nitrogen and oxygen atoms in total. The number of aromatic hydroxyl groups is 1. The second kappa shape index (κ2) is 7.35. The van der Waals surface area contributed by atoms with Crippen LogP contribution in [0.4, 0.5) is 5.69 Å². The first kappa shape index (κ1) is 17.1. The van der Waals surface area contributed by atoms with Gasteiger partial charge in [-0.15, -0.1) is 0 Å². The number of phenols is 1. The Kier molecular flexibility index (Phi) is 5.47. The van der Waals surface area contributed by atoms with E-state index < -0.39 is 17.9 Å². The molecule has 0 aliphatic carbocycles. The van der Waals surface area contributed by atoms with E-state index >= 15 is 0 Å². The van der Waals surface area contributed by atoms with Gasteiger partial charge in [-0.2, -0.15) is 0 Å². The van der Waals surface area contributed by atoms with E-state index in [0.717, 1.165) is 0 Å². The number of nitrogens with one attached hydrogen (secondary N) is 2. The molecule has 0 radical (unpaired) electrons. The molecule has 0 saturated heterocycles. The minimum Gasteiger partial charge on any atom is -0.507 e. The van der Waals surface area contributed by atoms with E-state index in [9.17, 15) is 14.7 Å². The van der Waals surface area contributed by atoms with Gasteiger partial charge in [0.2, 0.25) is 5.91 Å². The van der Waals surface area contributed by atoms with Crippen LogP contribution in [-0.4, -0.2) is 23.0 Å². The first-order valence-electron chi connectivity index (χ1n) is 6.72. The van der Waals surface area contributed by atoms with Gasteiger partial charge in [0.1, 0.15) is 11.8 Å². The number of carbonyl (C=O) groups excluding carboxylic acids is 2. The lowest BCUT2D eigenvalue weighted by Gasteiger charge is -2.15. The standard InChI is InChI=1S/C16H14Cl2N2O3/c1-9(15(22)20-12-5-2-10(17)3-6-12)19-16(23)13-8-11(18)4-7-14(13)21/h2-9,21H,1H3,(H,19,23)(H,20,22)/t9-/m1/s1. The van der Waals surface area contributed by atoms with Crippen molar-refractivity contribution >= 4 is 40.7 Å². The molecule has 0 spiro atoms. The van der Waals surface area contributed by atoms with Crippen molar-refractivity contribution in [1.29, 1.82) is 0 Å².